The van der Waals surface area contributed by atoms with Gasteiger partial charge in [0.05, 0.1) is 23.7 Å². The Bertz CT molecular complexity index is 1430. The number of hydrazone groups is 1. The smallest absolute Gasteiger partial charge is 0.379 e. The van der Waals surface area contributed by atoms with Crippen molar-refractivity contribution in [2.24, 2.45) is 5.10 Å². The van der Waals surface area contributed by atoms with E-state index in [1.165, 1.54) is 67.1 Å². The summed E-state index contributed by atoms with van der Waals surface area (Å²) in [6.45, 7) is 0. The van der Waals surface area contributed by atoms with Gasteiger partial charge in [0.1, 0.15) is 0 Å². The molecule has 0 saturated heterocycles. The SMILES string of the molecule is O=C(N/N=C/c1cccc([N+](=O)[O-])c1OC(=O)c1ccco1)c1ccc(NC(=O)c2ccco2)cc1. The first-order valence-electron chi connectivity index (χ1n) is 10.2. The van der Waals surface area contributed by atoms with Crippen LogP contribution < -0.4 is 15.5 Å². The lowest BCUT2D eigenvalue weighted by Crippen LogP contribution is -2.18. The number of anilines is 1. The van der Waals surface area contributed by atoms with Crippen molar-refractivity contribution in [2.45, 2.75) is 0 Å². The lowest BCUT2D eigenvalue weighted by molar-refractivity contribution is -0.385. The normalized spacial score (nSPS) is 10.7. The maximum atomic E-state index is 12.4. The molecule has 0 fully saturated rings. The van der Waals surface area contributed by atoms with Crippen molar-refractivity contribution in [1.29, 1.82) is 0 Å². The minimum absolute atomic E-state index is 0.0698. The Hall–Kier alpha value is -5.52. The predicted octanol–water partition coefficient (Wildman–Crippen LogP) is 4.02. The lowest BCUT2D eigenvalue weighted by Gasteiger charge is -2.07. The summed E-state index contributed by atoms with van der Waals surface area (Å²) < 4.78 is 15.1. The minimum atomic E-state index is -0.938. The molecular weight excluding hydrogens is 472 g/mol. The van der Waals surface area contributed by atoms with E-state index in [-0.39, 0.29) is 28.4 Å². The topological polar surface area (TPSA) is 166 Å². The molecule has 180 valence electrons. The molecule has 0 spiro atoms. The number of ether oxygens (including phenoxy) is 1. The number of nitro groups is 1. The summed E-state index contributed by atoms with van der Waals surface area (Å²) in [5, 5.41) is 17.8. The van der Waals surface area contributed by atoms with E-state index >= 15 is 0 Å². The van der Waals surface area contributed by atoms with Crippen LogP contribution in [-0.4, -0.2) is 28.9 Å². The zero-order valence-corrected chi connectivity index (χ0v) is 18.2. The van der Waals surface area contributed by atoms with E-state index in [0.29, 0.717) is 5.69 Å². The Morgan fingerprint density at radius 2 is 1.58 bits per heavy atom. The van der Waals surface area contributed by atoms with Gasteiger partial charge in [-0.3, -0.25) is 19.7 Å². The van der Waals surface area contributed by atoms with Gasteiger partial charge < -0.3 is 18.9 Å². The van der Waals surface area contributed by atoms with Gasteiger partial charge in [-0.1, -0.05) is 6.07 Å². The second kappa shape index (κ2) is 10.6. The van der Waals surface area contributed by atoms with Crippen molar-refractivity contribution in [3.05, 3.63) is 112 Å². The Morgan fingerprint density at radius 3 is 2.22 bits per heavy atom. The fourth-order valence-corrected chi connectivity index (χ4v) is 2.97. The van der Waals surface area contributed by atoms with Gasteiger partial charge in [-0.15, -0.1) is 0 Å². The van der Waals surface area contributed by atoms with E-state index in [2.05, 4.69) is 15.8 Å². The molecule has 0 atom stereocenters. The van der Waals surface area contributed by atoms with Gasteiger partial charge in [0, 0.05) is 22.9 Å². The van der Waals surface area contributed by atoms with Crippen LogP contribution in [0, 0.1) is 10.1 Å². The fraction of sp³-hybridized carbons (Fsp3) is 0. The molecule has 2 heterocycles. The first kappa shape index (κ1) is 23.6. The quantitative estimate of drug-likeness (QED) is 0.123. The van der Waals surface area contributed by atoms with Gasteiger partial charge in [0.15, 0.2) is 5.76 Å². The number of hydrogen-bond acceptors (Lipinski definition) is 9. The van der Waals surface area contributed by atoms with Gasteiger partial charge in [-0.05, 0) is 54.6 Å². The minimum Gasteiger partial charge on any atom is -0.459 e. The molecule has 4 aromatic rings. The van der Waals surface area contributed by atoms with Gasteiger partial charge in [-0.25, -0.2) is 10.2 Å². The van der Waals surface area contributed by atoms with Crippen LogP contribution in [0.5, 0.6) is 5.75 Å². The van der Waals surface area contributed by atoms with Crippen LogP contribution in [0.15, 0.2) is 93.2 Å². The van der Waals surface area contributed by atoms with E-state index in [4.69, 9.17) is 13.6 Å². The number of rotatable bonds is 8. The Balaban J connectivity index is 1.44. The first-order valence-corrected chi connectivity index (χ1v) is 10.2. The van der Waals surface area contributed by atoms with Crippen LogP contribution in [0.2, 0.25) is 0 Å². The zero-order chi connectivity index (χ0) is 25.5. The summed E-state index contributed by atoms with van der Waals surface area (Å²) in [6.07, 6.45) is 3.74. The highest BCUT2D eigenvalue weighted by Gasteiger charge is 2.23. The number of benzene rings is 2. The first-order chi connectivity index (χ1) is 17.4. The van der Waals surface area contributed by atoms with Gasteiger partial charge in [0.2, 0.25) is 11.5 Å². The lowest BCUT2D eigenvalue weighted by atomic mass is 10.2. The fourth-order valence-electron chi connectivity index (χ4n) is 2.97. The Morgan fingerprint density at radius 1 is 0.889 bits per heavy atom. The third-order valence-electron chi connectivity index (χ3n) is 4.66. The van der Waals surface area contributed by atoms with Crippen molar-refractivity contribution >= 4 is 35.4 Å². The number of furan rings is 2. The molecule has 4 rings (SSSR count). The number of nitrogens with one attached hydrogen (secondary N) is 2. The maximum Gasteiger partial charge on any atom is 0.379 e. The molecule has 0 saturated carbocycles. The van der Waals surface area contributed by atoms with Crippen LogP contribution >= 0.6 is 0 Å². The van der Waals surface area contributed by atoms with Crippen LogP contribution in [0.4, 0.5) is 11.4 Å². The third kappa shape index (κ3) is 5.51. The highest BCUT2D eigenvalue weighted by atomic mass is 16.6. The van der Waals surface area contributed by atoms with Crippen molar-refractivity contribution in [3.8, 4) is 5.75 Å². The molecule has 0 aliphatic carbocycles. The number of nitro benzene ring substituents is 1. The summed E-state index contributed by atoms with van der Waals surface area (Å²) in [5.41, 5.74) is 2.55. The Kier molecular flexibility index (Phi) is 6.96. The van der Waals surface area contributed by atoms with Crippen molar-refractivity contribution in [1.82, 2.24) is 5.43 Å². The summed E-state index contributed by atoms with van der Waals surface area (Å²) in [5.74, 6) is -2.34. The van der Waals surface area contributed by atoms with Crippen LogP contribution in [-0.2, 0) is 0 Å². The maximum absolute atomic E-state index is 12.4. The second-order valence-electron chi connectivity index (χ2n) is 7.03. The number of amides is 2. The van der Waals surface area contributed by atoms with Gasteiger partial charge >= 0.3 is 11.7 Å². The van der Waals surface area contributed by atoms with E-state index in [0.717, 1.165) is 12.3 Å². The van der Waals surface area contributed by atoms with Gasteiger partial charge in [0.25, 0.3) is 11.8 Å². The highest BCUT2D eigenvalue weighted by Crippen LogP contribution is 2.30. The van der Waals surface area contributed by atoms with E-state index in [9.17, 15) is 24.5 Å². The van der Waals surface area contributed by atoms with Crippen LogP contribution in [0.25, 0.3) is 0 Å². The average molecular weight is 488 g/mol. The monoisotopic (exact) mass is 488 g/mol. The molecule has 2 aromatic heterocycles. The molecular formula is C24H16N4O8. The highest BCUT2D eigenvalue weighted by molar-refractivity contribution is 6.02. The van der Waals surface area contributed by atoms with Crippen molar-refractivity contribution < 1.29 is 32.9 Å². The van der Waals surface area contributed by atoms with Gasteiger partial charge in [-0.2, -0.15) is 5.10 Å². The summed E-state index contributed by atoms with van der Waals surface area (Å²) in [7, 11) is 0. The molecule has 0 bridgehead atoms. The predicted molar refractivity (Wildman–Crippen MR) is 125 cm³/mol. The number of nitrogens with zero attached hydrogens (tertiary/aromatic N) is 2. The molecule has 2 aromatic carbocycles. The second-order valence-corrected chi connectivity index (χ2v) is 7.03. The zero-order valence-electron chi connectivity index (χ0n) is 18.2. The molecule has 12 nitrogen and oxygen atoms in total. The summed E-state index contributed by atoms with van der Waals surface area (Å²) in [4.78, 5) is 47.4. The molecule has 0 aliphatic rings. The number of para-hydroxylation sites is 1. The third-order valence-corrected chi connectivity index (χ3v) is 4.66. The molecule has 12 heteroatoms. The van der Waals surface area contributed by atoms with Crippen molar-refractivity contribution in [2.75, 3.05) is 5.32 Å². The van der Waals surface area contributed by atoms with E-state index in [1.807, 2.05) is 0 Å². The van der Waals surface area contributed by atoms with Crippen LogP contribution in [0.1, 0.15) is 37.0 Å². The number of hydrogen-bond donors (Lipinski definition) is 2. The molecule has 2 N–H and O–H groups in total. The van der Waals surface area contributed by atoms with E-state index in [1.54, 1.807) is 6.07 Å². The molecule has 2 amide bonds. The largest absolute Gasteiger partial charge is 0.459 e. The standard InChI is InChI=1S/C24H16N4O8/c29-22(15-8-10-17(11-9-15)26-23(30)19-6-2-12-34-19)27-25-14-16-4-1-5-18(28(32)33)21(16)36-24(31)20-7-3-13-35-20/h1-14H,(H,26,30)(H,27,29)/b25-14+. The molecule has 0 radical (unpaired) electrons. The van der Waals surface area contributed by atoms with E-state index < -0.39 is 28.4 Å². The van der Waals surface area contributed by atoms with Crippen LogP contribution in [0.3, 0.4) is 0 Å². The molecule has 0 aliphatic heterocycles. The average Bonchev–Trinajstić information content (AvgIpc) is 3.60. The summed E-state index contributed by atoms with van der Waals surface area (Å²) >= 11 is 0. The number of carbonyl (C=O) groups is 3. The summed E-state index contributed by atoms with van der Waals surface area (Å²) in [6, 6.07) is 15.8. The molecule has 36 heavy (non-hydrogen) atoms. The Labute approximate surface area is 202 Å². The number of carbonyl (C=O) groups excluding carboxylic acids is 3. The molecule has 0 unspecified atom stereocenters. The van der Waals surface area contributed by atoms with Crippen molar-refractivity contribution in [3.63, 3.8) is 0 Å². The number of esters is 1.